The first kappa shape index (κ1) is 23.0. The number of carbonyl (C=O) groups is 2. The first-order chi connectivity index (χ1) is 16.1. The maximum absolute atomic E-state index is 12.4. The van der Waals surface area contributed by atoms with Gasteiger partial charge in [0.25, 0.3) is 0 Å². The van der Waals surface area contributed by atoms with Gasteiger partial charge in [-0.1, -0.05) is 6.07 Å². The third-order valence-corrected chi connectivity index (χ3v) is 7.26. The lowest BCUT2D eigenvalue weighted by atomic mass is 9.88. The molecule has 3 heterocycles. The number of nitriles is 1. The fourth-order valence-corrected chi connectivity index (χ4v) is 5.66. The predicted molar refractivity (Wildman–Crippen MR) is 125 cm³/mol. The number of aliphatic hydroxyl groups is 1. The summed E-state index contributed by atoms with van der Waals surface area (Å²) in [6.07, 6.45) is 9.97. The largest absolute Gasteiger partial charge is 0.449 e. The second kappa shape index (κ2) is 10.6. The molecule has 0 spiro atoms. The predicted octanol–water partition coefficient (Wildman–Crippen LogP) is 3.36. The van der Waals surface area contributed by atoms with Crippen LogP contribution in [0.2, 0.25) is 0 Å². The van der Waals surface area contributed by atoms with Gasteiger partial charge >= 0.3 is 6.09 Å². The Morgan fingerprint density at radius 1 is 1.42 bits per heavy atom. The Balaban J connectivity index is 1.36. The van der Waals surface area contributed by atoms with Crippen LogP contribution < -0.4 is 5.32 Å². The molecule has 4 rings (SSSR count). The van der Waals surface area contributed by atoms with E-state index in [0.29, 0.717) is 36.6 Å². The van der Waals surface area contributed by atoms with E-state index in [1.807, 2.05) is 6.07 Å². The number of thiophene rings is 1. The number of hydrogen-bond donors (Lipinski definition) is 2. The lowest BCUT2D eigenvalue weighted by Crippen LogP contribution is -2.38. The zero-order valence-corrected chi connectivity index (χ0v) is 19.0. The normalized spacial score (nSPS) is 19.8. The number of fused-ring (bicyclic) bond motifs is 1. The van der Waals surface area contributed by atoms with Crippen molar-refractivity contribution >= 4 is 34.4 Å². The van der Waals surface area contributed by atoms with Crippen LogP contribution in [0.4, 0.5) is 9.80 Å². The Bertz CT molecular complexity index is 1080. The molecule has 8 nitrogen and oxygen atoms in total. The number of aromatic nitrogens is 1. The van der Waals surface area contributed by atoms with Gasteiger partial charge in [0.2, 0.25) is 5.91 Å². The number of hydrogen-bond acceptors (Lipinski definition) is 7. The van der Waals surface area contributed by atoms with Crippen molar-refractivity contribution in [1.29, 1.82) is 5.26 Å². The molecule has 1 fully saturated rings. The van der Waals surface area contributed by atoms with E-state index in [2.05, 4.69) is 16.4 Å². The second-order valence-electron chi connectivity index (χ2n) is 8.29. The third kappa shape index (κ3) is 5.41. The highest BCUT2D eigenvalue weighted by Gasteiger charge is 2.31. The Morgan fingerprint density at radius 3 is 3.06 bits per heavy atom. The number of anilines is 1. The summed E-state index contributed by atoms with van der Waals surface area (Å²) in [6.45, 7) is 0.885. The number of pyridine rings is 1. The molecule has 2 atom stereocenters. The van der Waals surface area contributed by atoms with Crippen LogP contribution in [0, 0.1) is 17.2 Å². The average Bonchev–Trinajstić information content (AvgIpc) is 3.45. The summed E-state index contributed by atoms with van der Waals surface area (Å²) in [4.78, 5) is 31.5. The lowest BCUT2D eigenvalue weighted by molar-refractivity contribution is -0.111. The third-order valence-electron chi connectivity index (χ3n) is 6.09. The molecule has 2 N–H and O–H groups in total. The molecular weight excluding hydrogens is 440 g/mol. The highest BCUT2D eigenvalue weighted by molar-refractivity contribution is 7.16. The van der Waals surface area contributed by atoms with E-state index in [9.17, 15) is 20.0 Å². The van der Waals surface area contributed by atoms with Gasteiger partial charge in [-0.15, -0.1) is 11.3 Å². The molecule has 9 heteroatoms. The van der Waals surface area contributed by atoms with Crippen molar-refractivity contribution in [3.05, 3.63) is 52.2 Å². The van der Waals surface area contributed by atoms with Crippen molar-refractivity contribution in [2.75, 3.05) is 25.1 Å². The molecule has 1 aliphatic heterocycles. The second-order valence-corrected chi connectivity index (χ2v) is 9.39. The number of nitrogens with zero attached hydrogens (tertiary/aromatic N) is 3. The van der Waals surface area contributed by atoms with Gasteiger partial charge in [-0.05, 0) is 61.3 Å². The first-order valence-corrected chi connectivity index (χ1v) is 11.9. The lowest BCUT2D eigenvalue weighted by Gasteiger charge is -2.25. The monoisotopic (exact) mass is 466 g/mol. The molecule has 33 heavy (non-hydrogen) atoms. The maximum atomic E-state index is 12.4. The highest BCUT2D eigenvalue weighted by atomic mass is 32.1. The number of nitrogens with one attached hydrogen (secondary N) is 1. The number of carbonyl (C=O) groups excluding carboxylic acids is 2. The topological polar surface area (TPSA) is 116 Å². The van der Waals surface area contributed by atoms with Gasteiger partial charge in [0.15, 0.2) is 0 Å². The molecule has 0 radical (unpaired) electrons. The molecule has 2 amide bonds. The van der Waals surface area contributed by atoms with Crippen molar-refractivity contribution in [3.8, 4) is 6.07 Å². The fraction of sp³-hybridized carbons (Fsp3) is 0.417. The average molecular weight is 467 g/mol. The fourth-order valence-electron chi connectivity index (χ4n) is 4.34. The summed E-state index contributed by atoms with van der Waals surface area (Å²) in [5.74, 6) is -0.140. The molecule has 0 saturated carbocycles. The number of amides is 2. The van der Waals surface area contributed by atoms with E-state index < -0.39 is 0 Å². The summed E-state index contributed by atoms with van der Waals surface area (Å²) in [7, 11) is 0. The van der Waals surface area contributed by atoms with Crippen LogP contribution in [0.1, 0.15) is 40.8 Å². The Morgan fingerprint density at radius 2 is 2.30 bits per heavy atom. The van der Waals surface area contributed by atoms with Crippen LogP contribution in [-0.4, -0.2) is 52.8 Å². The van der Waals surface area contributed by atoms with E-state index in [-0.39, 0.29) is 30.6 Å². The van der Waals surface area contributed by atoms with Gasteiger partial charge in [-0.3, -0.25) is 9.78 Å². The standard InChI is InChI=1S/C24H26N4O4S/c25-12-20-19-7-5-17(15-32-24(31)28-10-2-4-18(28)14-29)11-21(19)33-23(20)27-22(30)8-6-16-3-1-9-26-13-16/h1,3,6,8-9,13,17-18,29H,2,4-5,7,10-11,14-15H2,(H,27,30)/b8-6+/t17?,18-/m0/s1. The van der Waals surface area contributed by atoms with E-state index in [1.165, 1.54) is 17.4 Å². The van der Waals surface area contributed by atoms with Crippen LogP contribution in [0.25, 0.3) is 6.08 Å². The van der Waals surface area contributed by atoms with Gasteiger partial charge in [0.05, 0.1) is 24.8 Å². The first-order valence-electron chi connectivity index (χ1n) is 11.1. The van der Waals surface area contributed by atoms with Gasteiger partial charge in [0.1, 0.15) is 11.1 Å². The van der Waals surface area contributed by atoms with Gasteiger partial charge in [-0.2, -0.15) is 5.26 Å². The Hall–Kier alpha value is -3.22. The maximum Gasteiger partial charge on any atom is 0.410 e. The summed E-state index contributed by atoms with van der Waals surface area (Å²) < 4.78 is 5.55. The van der Waals surface area contributed by atoms with Crippen LogP contribution in [0.15, 0.2) is 30.6 Å². The van der Waals surface area contributed by atoms with Crippen molar-refractivity contribution in [2.24, 2.45) is 5.92 Å². The molecule has 2 aromatic heterocycles. The minimum atomic E-state index is -0.366. The molecule has 1 saturated heterocycles. The van der Waals surface area contributed by atoms with Gasteiger partial charge < -0.3 is 20.1 Å². The summed E-state index contributed by atoms with van der Waals surface area (Å²) in [5.41, 5.74) is 2.32. The zero-order valence-electron chi connectivity index (χ0n) is 18.2. The summed E-state index contributed by atoms with van der Waals surface area (Å²) in [5, 5.41) is 22.5. The minimum Gasteiger partial charge on any atom is -0.449 e. The highest BCUT2D eigenvalue weighted by Crippen LogP contribution is 2.39. The van der Waals surface area contributed by atoms with E-state index >= 15 is 0 Å². The SMILES string of the molecule is N#Cc1c(NC(=O)/C=C/c2cccnc2)sc2c1CCC(COC(=O)N1CCC[C@H]1CO)C2. The van der Waals surface area contributed by atoms with Crippen LogP contribution in [0.5, 0.6) is 0 Å². The van der Waals surface area contributed by atoms with Crippen LogP contribution >= 0.6 is 11.3 Å². The minimum absolute atomic E-state index is 0.0417. The van der Waals surface area contributed by atoms with Crippen LogP contribution in [-0.2, 0) is 22.4 Å². The van der Waals surface area contributed by atoms with Gasteiger partial charge in [0, 0.05) is 29.9 Å². The molecule has 2 aromatic rings. The van der Waals surface area contributed by atoms with Crippen molar-refractivity contribution in [1.82, 2.24) is 9.88 Å². The van der Waals surface area contributed by atoms with E-state index in [4.69, 9.17) is 4.74 Å². The molecule has 0 aromatic carbocycles. The number of likely N-dealkylation sites (tertiary alicyclic amines) is 1. The summed E-state index contributed by atoms with van der Waals surface area (Å²) in [6, 6.07) is 5.74. The van der Waals surface area contributed by atoms with Crippen molar-refractivity contribution in [2.45, 2.75) is 38.1 Å². The van der Waals surface area contributed by atoms with Gasteiger partial charge in [-0.25, -0.2) is 4.79 Å². The molecule has 1 aliphatic carbocycles. The molecule has 172 valence electrons. The molecule has 2 aliphatic rings. The molecular formula is C24H26N4O4S. The molecule has 1 unspecified atom stereocenters. The van der Waals surface area contributed by atoms with Crippen LogP contribution in [0.3, 0.4) is 0 Å². The zero-order chi connectivity index (χ0) is 23.2. The number of aliphatic hydroxyl groups excluding tert-OH is 1. The van der Waals surface area contributed by atoms with E-state index in [1.54, 1.807) is 29.4 Å². The summed E-state index contributed by atoms with van der Waals surface area (Å²) >= 11 is 1.42. The quantitative estimate of drug-likeness (QED) is 0.631. The van der Waals surface area contributed by atoms with Crippen molar-refractivity contribution in [3.63, 3.8) is 0 Å². The number of rotatable bonds is 6. The van der Waals surface area contributed by atoms with E-state index in [0.717, 1.165) is 35.3 Å². The van der Waals surface area contributed by atoms with Crippen molar-refractivity contribution < 1.29 is 19.4 Å². The number of ether oxygens (including phenoxy) is 1. The smallest absolute Gasteiger partial charge is 0.410 e. The molecule has 0 bridgehead atoms. The Labute approximate surface area is 196 Å². The Kier molecular flexibility index (Phi) is 7.37.